The molecule has 10 heteroatoms. The molecule has 27 heavy (non-hydrogen) atoms. The number of sulfonamides is 1. The van der Waals surface area contributed by atoms with Crippen LogP contribution in [-0.4, -0.2) is 62.3 Å². The summed E-state index contributed by atoms with van der Waals surface area (Å²) in [5, 5.41) is 2.88. The van der Waals surface area contributed by atoms with Crippen molar-refractivity contribution in [3.8, 4) is 0 Å². The van der Waals surface area contributed by atoms with Crippen molar-refractivity contribution >= 4 is 33.6 Å². The van der Waals surface area contributed by atoms with Crippen LogP contribution >= 0.6 is 11.6 Å². The number of hydrogen-bond donors (Lipinski definition) is 2. The van der Waals surface area contributed by atoms with Crippen LogP contribution in [0.4, 0.5) is 4.79 Å². The first-order chi connectivity index (χ1) is 12.8. The topological polar surface area (TPSA) is 113 Å². The third-order valence-corrected chi connectivity index (χ3v) is 6.52. The van der Waals surface area contributed by atoms with Crippen molar-refractivity contribution in [2.45, 2.75) is 30.6 Å². The van der Waals surface area contributed by atoms with Gasteiger partial charge in [-0.15, -0.1) is 0 Å². The van der Waals surface area contributed by atoms with E-state index in [0.29, 0.717) is 31.1 Å². The number of amides is 3. The lowest BCUT2D eigenvalue weighted by atomic mass is 10.1. The van der Waals surface area contributed by atoms with Crippen molar-refractivity contribution in [2.75, 3.05) is 32.7 Å². The monoisotopic (exact) mass is 416 g/mol. The average Bonchev–Trinajstić information content (AvgIpc) is 2.64. The highest BCUT2D eigenvalue weighted by molar-refractivity contribution is 7.89. The van der Waals surface area contributed by atoms with Crippen LogP contribution < -0.4 is 11.1 Å². The fraction of sp³-hybridized carbons (Fsp3) is 0.529. The van der Waals surface area contributed by atoms with Gasteiger partial charge in [-0.1, -0.05) is 24.1 Å². The van der Waals surface area contributed by atoms with E-state index in [-0.39, 0.29) is 23.9 Å². The smallest absolute Gasteiger partial charge is 0.312 e. The summed E-state index contributed by atoms with van der Waals surface area (Å²) in [4.78, 5) is 24.7. The summed E-state index contributed by atoms with van der Waals surface area (Å²) in [5.74, 6) is 0.0256. The predicted molar refractivity (Wildman–Crippen MR) is 103 cm³/mol. The summed E-state index contributed by atoms with van der Waals surface area (Å²) in [6.45, 7) is 1.79. The van der Waals surface area contributed by atoms with Gasteiger partial charge >= 0.3 is 6.03 Å². The number of benzene rings is 1. The summed E-state index contributed by atoms with van der Waals surface area (Å²) in [6, 6.07) is 5.64. The van der Waals surface area contributed by atoms with Crippen molar-refractivity contribution in [3.05, 3.63) is 29.3 Å². The summed E-state index contributed by atoms with van der Waals surface area (Å²) < 4.78 is 26.7. The number of halogens is 1. The van der Waals surface area contributed by atoms with Gasteiger partial charge in [-0.25, -0.2) is 13.2 Å². The lowest BCUT2D eigenvalue weighted by molar-refractivity contribution is -0.132. The van der Waals surface area contributed by atoms with Crippen molar-refractivity contribution < 1.29 is 18.0 Å². The molecule has 2 rings (SSSR count). The maximum Gasteiger partial charge on any atom is 0.312 e. The molecular formula is C17H25ClN4O4S. The van der Waals surface area contributed by atoms with Gasteiger partial charge in [0.2, 0.25) is 15.9 Å². The second kappa shape index (κ2) is 9.91. The SMILES string of the molecule is NC(=O)NCCCCCC(=O)N1CCN(S(=O)(=O)c2cccc(Cl)c2)CC1. The number of nitrogens with one attached hydrogen (secondary N) is 1. The van der Waals surface area contributed by atoms with Gasteiger partial charge in [-0.05, 0) is 31.0 Å². The zero-order valence-electron chi connectivity index (χ0n) is 15.1. The number of unbranched alkanes of at least 4 members (excludes halogenated alkanes) is 2. The fourth-order valence-electron chi connectivity index (χ4n) is 2.90. The van der Waals surface area contributed by atoms with Gasteiger partial charge in [0.1, 0.15) is 0 Å². The molecule has 0 radical (unpaired) electrons. The van der Waals surface area contributed by atoms with Crippen LogP contribution in [0.2, 0.25) is 5.02 Å². The first-order valence-corrected chi connectivity index (χ1v) is 10.7. The number of rotatable bonds is 8. The molecule has 3 N–H and O–H groups in total. The molecule has 0 atom stereocenters. The first-order valence-electron chi connectivity index (χ1n) is 8.87. The summed E-state index contributed by atoms with van der Waals surface area (Å²) in [6.07, 6.45) is 2.72. The molecule has 0 unspecified atom stereocenters. The van der Waals surface area contributed by atoms with Gasteiger partial charge in [0, 0.05) is 44.2 Å². The van der Waals surface area contributed by atoms with Gasteiger partial charge in [0.05, 0.1) is 4.90 Å². The summed E-state index contributed by atoms with van der Waals surface area (Å²) in [7, 11) is -3.60. The highest BCUT2D eigenvalue weighted by Crippen LogP contribution is 2.21. The quantitative estimate of drug-likeness (QED) is 0.623. The average molecular weight is 417 g/mol. The van der Waals surface area contributed by atoms with E-state index >= 15 is 0 Å². The molecule has 1 aromatic carbocycles. The lowest BCUT2D eigenvalue weighted by Gasteiger charge is -2.34. The third kappa shape index (κ3) is 6.37. The second-order valence-corrected chi connectivity index (χ2v) is 8.72. The van der Waals surface area contributed by atoms with Crippen molar-refractivity contribution in [2.24, 2.45) is 5.73 Å². The van der Waals surface area contributed by atoms with E-state index in [4.69, 9.17) is 17.3 Å². The maximum absolute atomic E-state index is 12.7. The predicted octanol–water partition coefficient (Wildman–Crippen LogP) is 1.40. The number of urea groups is 1. The molecule has 1 fully saturated rings. The minimum Gasteiger partial charge on any atom is -0.352 e. The molecule has 0 bridgehead atoms. The van der Waals surface area contributed by atoms with Crippen molar-refractivity contribution in [1.82, 2.24) is 14.5 Å². The summed E-state index contributed by atoms with van der Waals surface area (Å²) >= 11 is 5.89. The van der Waals surface area contributed by atoms with Gasteiger partial charge in [-0.2, -0.15) is 4.31 Å². The summed E-state index contributed by atoms with van der Waals surface area (Å²) in [5.41, 5.74) is 4.98. The van der Waals surface area contributed by atoms with Crippen LogP contribution in [-0.2, 0) is 14.8 Å². The van der Waals surface area contributed by atoms with Gasteiger partial charge < -0.3 is 16.0 Å². The molecule has 1 aromatic rings. The Morgan fingerprint density at radius 3 is 2.44 bits per heavy atom. The molecule has 1 aliphatic rings. The van der Waals surface area contributed by atoms with E-state index < -0.39 is 16.1 Å². The Labute approximate surface area is 164 Å². The van der Waals surface area contributed by atoms with Gasteiger partial charge in [0.15, 0.2) is 0 Å². The van der Waals surface area contributed by atoms with Crippen LogP contribution in [0.1, 0.15) is 25.7 Å². The van der Waals surface area contributed by atoms with Gasteiger partial charge in [0.25, 0.3) is 0 Å². The number of primary amides is 1. The molecular weight excluding hydrogens is 392 g/mol. The number of hydrogen-bond acceptors (Lipinski definition) is 4. The van der Waals surface area contributed by atoms with Crippen molar-refractivity contribution in [3.63, 3.8) is 0 Å². The van der Waals surface area contributed by atoms with E-state index in [1.165, 1.54) is 16.4 Å². The Balaban J connectivity index is 1.76. The molecule has 0 aliphatic carbocycles. The Hall–Kier alpha value is -1.84. The highest BCUT2D eigenvalue weighted by Gasteiger charge is 2.29. The Bertz CT molecular complexity index is 764. The first kappa shape index (κ1) is 21.5. The van der Waals surface area contributed by atoms with E-state index in [9.17, 15) is 18.0 Å². The normalized spacial score (nSPS) is 15.5. The minimum absolute atomic E-state index is 0.0256. The van der Waals surface area contributed by atoms with Crippen LogP contribution in [0.25, 0.3) is 0 Å². The minimum atomic E-state index is -3.60. The molecule has 1 aliphatic heterocycles. The van der Waals surface area contributed by atoms with E-state index in [0.717, 1.165) is 19.3 Å². The lowest BCUT2D eigenvalue weighted by Crippen LogP contribution is -2.50. The molecule has 150 valence electrons. The van der Waals surface area contributed by atoms with Crippen LogP contribution in [0.3, 0.4) is 0 Å². The molecule has 0 saturated carbocycles. The number of nitrogens with two attached hydrogens (primary N) is 1. The van der Waals surface area contributed by atoms with Crippen LogP contribution in [0, 0.1) is 0 Å². The third-order valence-electron chi connectivity index (χ3n) is 4.39. The molecule has 0 spiro atoms. The van der Waals surface area contributed by atoms with Crippen LogP contribution in [0.5, 0.6) is 0 Å². The fourth-order valence-corrected chi connectivity index (χ4v) is 4.63. The van der Waals surface area contributed by atoms with E-state index in [1.807, 2.05) is 0 Å². The van der Waals surface area contributed by atoms with Crippen LogP contribution in [0.15, 0.2) is 29.2 Å². The molecule has 0 aromatic heterocycles. The van der Waals surface area contributed by atoms with E-state index in [1.54, 1.807) is 17.0 Å². The largest absolute Gasteiger partial charge is 0.352 e. The molecule has 1 saturated heterocycles. The zero-order chi connectivity index (χ0) is 19.9. The standard InChI is InChI=1S/C17H25ClN4O4S/c18-14-5-4-6-15(13-14)27(25,26)22-11-9-21(10-12-22)16(23)7-2-1-3-8-20-17(19)24/h4-6,13H,1-3,7-12H2,(H3,19,20,24). The Kier molecular flexibility index (Phi) is 7.88. The zero-order valence-corrected chi connectivity index (χ0v) is 16.6. The number of carbonyl (C=O) groups is 2. The number of carbonyl (C=O) groups excluding carboxylic acids is 2. The Morgan fingerprint density at radius 1 is 1.11 bits per heavy atom. The second-order valence-electron chi connectivity index (χ2n) is 6.34. The molecule has 1 heterocycles. The van der Waals surface area contributed by atoms with Crippen molar-refractivity contribution in [1.29, 1.82) is 0 Å². The van der Waals surface area contributed by atoms with E-state index in [2.05, 4.69) is 5.32 Å². The number of nitrogens with zero attached hydrogens (tertiary/aromatic N) is 2. The maximum atomic E-state index is 12.7. The van der Waals surface area contributed by atoms with Gasteiger partial charge in [-0.3, -0.25) is 4.79 Å². The number of piperazine rings is 1. The molecule has 3 amide bonds. The Morgan fingerprint density at radius 2 is 1.81 bits per heavy atom. The highest BCUT2D eigenvalue weighted by atomic mass is 35.5. The molecule has 8 nitrogen and oxygen atoms in total.